The minimum Gasteiger partial charge on any atom is -0.477 e. The molecule has 7 heteroatoms. The molecule has 0 amide bonds. The molecule has 0 bridgehead atoms. The topological polar surface area (TPSA) is 88.0 Å². The minimum atomic E-state index is -1.08. The second-order valence-electron chi connectivity index (χ2n) is 3.26. The molecule has 0 radical (unpaired) electrons. The lowest BCUT2D eigenvalue weighted by molar-refractivity contribution is 0.0697. The van der Waals surface area contributed by atoms with Crippen molar-refractivity contribution in [3.8, 4) is 0 Å². The Morgan fingerprint density at radius 2 is 2.22 bits per heavy atom. The fourth-order valence-corrected chi connectivity index (χ4v) is 1.61. The smallest absolute Gasteiger partial charge is 0.341 e. The number of carbonyl (C=O) groups is 1. The number of aromatic nitrogens is 3. The second kappa shape index (κ2) is 5.46. The number of anilines is 2. The Labute approximate surface area is 108 Å². The van der Waals surface area contributed by atoms with Gasteiger partial charge in [0.25, 0.3) is 0 Å². The quantitative estimate of drug-likeness (QED) is 0.643. The Bertz CT molecular complexity index is 562. The van der Waals surface area contributed by atoms with Gasteiger partial charge in [-0.2, -0.15) is 0 Å². The molecule has 18 heavy (non-hydrogen) atoms. The summed E-state index contributed by atoms with van der Waals surface area (Å²) < 4.78 is 0. The molecule has 0 saturated carbocycles. The highest BCUT2D eigenvalue weighted by atomic mass is 32.2. The van der Waals surface area contributed by atoms with Crippen molar-refractivity contribution in [2.75, 3.05) is 11.6 Å². The normalized spacial score (nSPS) is 10.1. The van der Waals surface area contributed by atoms with Crippen LogP contribution in [-0.2, 0) is 0 Å². The van der Waals surface area contributed by atoms with Gasteiger partial charge in [-0.15, -0.1) is 0 Å². The van der Waals surface area contributed by atoms with Crippen LogP contribution in [0.1, 0.15) is 10.4 Å². The van der Waals surface area contributed by atoms with Gasteiger partial charge in [0.2, 0.25) is 0 Å². The van der Waals surface area contributed by atoms with Crippen molar-refractivity contribution in [1.82, 2.24) is 15.0 Å². The third-order valence-corrected chi connectivity index (χ3v) is 2.65. The number of nitrogens with zero attached hydrogens (tertiary/aromatic N) is 3. The lowest BCUT2D eigenvalue weighted by Gasteiger charge is -2.08. The van der Waals surface area contributed by atoms with Crippen LogP contribution in [0.4, 0.5) is 11.6 Å². The molecule has 92 valence electrons. The largest absolute Gasteiger partial charge is 0.477 e. The molecule has 0 aromatic carbocycles. The summed E-state index contributed by atoms with van der Waals surface area (Å²) in [6.07, 6.45) is 4.71. The van der Waals surface area contributed by atoms with Crippen molar-refractivity contribution in [2.24, 2.45) is 0 Å². The average molecular weight is 262 g/mol. The molecule has 0 unspecified atom stereocenters. The van der Waals surface area contributed by atoms with E-state index < -0.39 is 5.97 Å². The van der Waals surface area contributed by atoms with Gasteiger partial charge in [0.15, 0.2) is 11.0 Å². The molecule has 0 saturated heterocycles. The van der Waals surface area contributed by atoms with E-state index in [1.165, 1.54) is 18.0 Å². The van der Waals surface area contributed by atoms with Crippen LogP contribution in [0.5, 0.6) is 0 Å². The van der Waals surface area contributed by atoms with Crippen LogP contribution in [0.15, 0.2) is 35.7 Å². The molecule has 6 nitrogen and oxygen atoms in total. The Morgan fingerprint density at radius 3 is 2.83 bits per heavy atom. The van der Waals surface area contributed by atoms with Gasteiger partial charge in [0, 0.05) is 12.4 Å². The van der Waals surface area contributed by atoms with Crippen LogP contribution in [0.25, 0.3) is 0 Å². The van der Waals surface area contributed by atoms with Gasteiger partial charge >= 0.3 is 5.97 Å². The monoisotopic (exact) mass is 262 g/mol. The molecule has 2 N–H and O–H groups in total. The maximum Gasteiger partial charge on any atom is 0.341 e. The summed E-state index contributed by atoms with van der Waals surface area (Å²) in [6, 6.07) is 5.30. The lowest BCUT2D eigenvalue weighted by Crippen LogP contribution is -2.07. The highest BCUT2D eigenvalue weighted by Crippen LogP contribution is 2.19. The van der Waals surface area contributed by atoms with E-state index in [0.29, 0.717) is 11.0 Å². The summed E-state index contributed by atoms with van der Waals surface area (Å²) in [6.45, 7) is 0. The third-order valence-electron chi connectivity index (χ3n) is 2.09. The number of hydrogen-bond donors (Lipinski definition) is 2. The van der Waals surface area contributed by atoms with Crippen LogP contribution in [0.2, 0.25) is 0 Å². The highest BCUT2D eigenvalue weighted by molar-refractivity contribution is 7.98. The van der Waals surface area contributed by atoms with E-state index in [1.54, 1.807) is 24.4 Å². The van der Waals surface area contributed by atoms with E-state index in [1.807, 2.05) is 6.26 Å². The standard InChI is InChI=1S/C11H10N4O2S/c1-18-11-13-6-7(10(16)17)9(15-11)14-8-4-2-3-5-12-8/h2-6H,1H3,(H,16,17)(H,12,13,14,15). The lowest BCUT2D eigenvalue weighted by atomic mass is 10.3. The summed E-state index contributed by atoms with van der Waals surface area (Å²) in [7, 11) is 0. The van der Waals surface area contributed by atoms with Crippen molar-refractivity contribution >= 4 is 29.4 Å². The van der Waals surface area contributed by atoms with Crippen LogP contribution >= 0.6 is 11.8 Å². The number of carboxylic acid groups (broad SMARTS) is 1. The van der Waals surface area contributed by atoms with Crippen LogP contribution in [0.3, 0.4) is 0 Å². The Balaban J connectivity index is 2.38. The predicted octanol–water partition coefficient (Wildman–Crippen LogP) is 2.04. The molecule has 0 aliphatic carbocycles. The molecule has 2 aromatic rings. The molecule has 0 aliphatic rings. The van der Waals surface area contributed by atoms with Gasteiger partial charge in [-0.25, -0.2) is 19.7 Å². The fourth-order valence-electron chi connectivity index (χ4n) is 1.27. The van der Waals surface area contributed by atoms with Gasteiger partial charge in [-0.05, 0) is 18.4 Å². The van der Waals surface area contributed by atoms with E-state index >= 15 is 0 Å². The molecule has 2 rings (SSSR count). The molecule has 0 fully saturated rings. The Hall–Kier alpha value is -2.15. The first kappa shape index (κ1) is 12.3. The van der Waals surface area contributed by atoms with E-state index in [2.05, 4.69) is 20.3 Å². The van der Waals surface area contributed by atoms with Crippen molar-refractivity contribution in [3.63, 3.8) is 0 Å². The first-order valence-electron chi connectivity index (χ1n) is 5.03. The fraction of sp³-hybridized carbons (Fsp3) is 0.0909. The van der Waals surface area contributed by atoms with Crippen LogP contribution < -0.4 is 5.32 Å². The number of pyridine rings is 1. The highest BCUT2D eigenvalue weighted by Gasteiger charge is 2.13. The van der Waals surface area contributed by atoms with Gasteiger partial charge in [-0.1, -0.05) is 17.8 Å². The molecular weight excluding hydrogens is 252 g/mol. The molecule has 2 heterocycles. The van der Waals surface area contributed by atoms with Crippen molar-refractivity contribution in [2.45, 2.75) is 5.16 Å². The summed E-state index contributed by atoms with van der Waals surface area (Å²) in [5.41, 5.74) is 0.0125. The summed E-state index contributed by atoms with van der Waals surface area (Å²) in [5, 5.41) is 12.4. The molecule has 0 spiro atoms. The van der Waals surface area contributed by atoms with E-state index in [0.717, 1.165) is 0 Å². The molecule has 0 atom stereocenters. The van der Waals surface area contributed by atoms with Gasteiger partial charge in [0.05, 0.1) is 0 Å². The number of carboxylic acids is 1. The van der Waals surface area contributed by atoms with E-state index in [9.17, 15) is 4.79 Å². The number of thioether (sulfide) groups is 1. The minimum absolute atomic E-state index is 0.0125. The average Bonchev–Trinajstić information content (AvgIpc) is 2.39. The van der Waals surface area contributed by atoms with E-state index in [-0.39, 0.29) is 11.4 Å². The maximum atomic E-state index is 11.1. The third kappa shape index (κ3) is 2.75. The predicted molar refractivity (Wildman–Crippen MR) is 68.3 cm³/mol. The Morgan fingerprint density at radius 1 is 1.39 bits per heavy atom. The SMILES string of the molecule is CSc1ncc(C(=O)O)c(Nc2ccccn2)n1. The maximum absolute atomic E-state index is 11.1. The zero-order valence-corrected chi connectivity index (χ0v) is 10.3. The molecule has 0 aliphatic heterocycles. The van der Waals surface area contributed by atoms with Gasteiger partial charge < -0.3 is 10.4 Å². The van der Waals surface area contributed by atoms with Crippen molar-refractivity contribution in [1.29, 1.82) is 0 Å². The first-order valence-corrected chi connectivity index (χ1v) is 6.25. The van der Waals surface area contributed by atoms with Crippen LogP contribution in [0, 0.1) is 0 Å². The summed E-state index contributed by atoms with van der Waals surface area (Å²) in [4.78, 5) is 23.2. The van der Waals surface area contributed by atoms with Crippen LogP contribution in [-0.4, -0.2) is 32.3 Å². The molecule has 2 aromatic heterocycles. The van der Waals surface area contributed by atoms with Gasteiger partial charge in [0.1, 0.15) is 11.4 Å². The number of aromatic carboxylic acids is 1. The number of rotatable bonds is 4. The second-order valence-corrected chi connectivity index (χ2v) is 4.04. The summed E-state index contributed by atoms with van der Waals surface area (Å²) >= 11 is 1.34. The Kier molecular flexibility index (Phi) is 3.73. The zero-order valence-electron chi connectivity index (χ0n) is 9.49. The first-order chi connectivity index (χ1) is 8.70. The summed E-state index contributed by atoms with van der Waals surface area (Å²) in [5.74, 6) is -0.313. The molecular formula is C11H10N4O2S. The van der Waals surface area contributed by atoms with Crippen molar-refractivity contribution in [3.05, 3.63) is 36.2 Å². The number of nitrogens with one attached hydrogen (secondary N) is 1. The zero-order chi connectivity index (χ0) is 13.0. The van der Waals surface area contributed by atoms with Crippen molar-refractivity contribution < 1.29 is 9.90 Å². The number of hydrogen-bond acceptors (Lipinski definition) is 6. The van der Waals surface area contributed by atoms with Gasteiger partial charge in [-0.3, -0.25) is 0 Å². The van der Waals surface area contributed by atoms with E-state index in [4.69, 9.17) is 5.11 Å².